The van der Waals surface area contributed by atoms with Gasteiger partial charge in [-0.2, -0.15) is 0 Å². The lowest BCUT2D eigenvalue weighted by molar-refractivity contribution is 0.0281. The van der Waals surface area contributed by atoms with E-state index in [-0.39, 0.29) is 11.9 Å². The van der Waals surface area contributed by atoms with Gasteiger partial charge in [0.25, 0.3) is 0 Å². The Morgan fingerprint density at radius 1 is 1.32 bits per heavy atom. The van der Waals surface area contributed by atoms with Gasteiger partial charge in [0.15, 0.2) is 17.6 Å². The first-order valence-electron chi connectivity index (χ1n) is 10.8. The minimum atomic E-state index is -0.262. The fourth-order valence-corrected chi connectivity index (χ4v) is 3.93. The maximum absolute atomic E-state index is 14.0. The van der Waals surface area contributed by atoms with Crippen LogP contribution >= 0.6 is 0 Å². The second kappa shape index (κ2) is 11.2. The molecule has 0 aromatic carbocycles. The molecule has 2 heterocycles. The highest BCUT2D eigenvalue weighted by Gasteiger charge is 2.25. The number of hydrogen-bond donors (Lipinski definition) is 2. The van der Waals surface area contributed by atoms with Gasteiger partial charge in [-0.05, 0) is 44.7 Å². The van der Waals surface area contributed by atoms with Gasteiger partial charge in [0.1, 0.15) is 0 Å². The van der Waals surface area contributed by atoms with Crippen molar-refractivity contribution < 1.29 is 9.13 Å². The zero-order valence-electron chi connectivity index (χ0n) is 17.0. The molecule has 0 radical (unpaired) electrons. The van der Waals surface area contributed by atoms with Crippen molar-refractivity contribution >= 4 is 11.8 Å². The summed E-state index contributed by atoms with van der Waals surface area (Å²) in [5.74, 6) is 1.00. The number of aromatic nitrogens is 1. The molecule has 0 bridgehead atoms. The molecule has 1 saturated heterocycles. The third-order valence-corrected chi connectivity index (χ3v) is 5.39. The van der Waals surface area contributed by atoms with Crippen molar-refractivity contribution in [2.75, 3.05) is 37.7 Å². The Morgan fingerprint density at radius 2 is 2.18 bits per heavy atom. The fourth-order valence-electron chi connectivity index (χ4n) is 3.93. The van der Waals surface area contributed by atoms with Crippen LogP contribution in [0.4, 0.5) is 10.2 Å². The Hall–Kier alpha value is -1.89. The SMILES string of the molecule is CCNC(=NCCCOC1CCCCC1)NC1CCN(c2ncccc2F)C1. The summed E-state index contributed by atoms with van der Waals surface area (Å²) >= 11 is 0. The number of nitrogens with one attached hydrogen (secondary N) is 2. The molecule has 2 fully saturated rings. The average Bonchev–Trinajstić information content (AvgIpc) is 3.17. The van der Waals surface area contributed by atoms with E-state index < -0.39 is 0 Å². The van der Waals surface area contributed by atoms with E-state index in [4.69, 9.17) is 4.74 Å². The summed E-state index contributed by atoms with van der Waals surface area (Å²) in [6.45, 7) is 5.92. The van der Waals surface area contributed by atoms with Crippen LogP contribution in [0.5, 0.6) is 0 Å². The van der Waals surface area contributed by atoms with Crippen LogP contribution in [0.25, 0.3) is 0 Å². The van der Waals surface area contributed by atoms with E-state index in [0.29, 0.717) is 11.9 Å². The molecule has 156 valence electrons. The Morgan fingerprint density at radius 3 is 2.96 bits per heavy atom. The topological polar surface area (TPSA) is 61.8 Å². The first kappa shape index (κ1) is 20.8. The highest BCUT2D eigenvalue weighted by molar-refractivity contribution is 5.80. The van der Waals surface area contributed by atoms with Crippen molar-refractivity contribution in [2.24, 2.45) is 4.99 Å². The summed E-state index contributed by atoms with van der Waals surface area (Å²) in [5, 5.41) is 6.79. The first-order valence-corrected chi connectivity index (χ1v) is 10.8. The van der Waals surface area contributed by atoms with E-state index in [1.165, 1.54) is 38.2 Å². The summed E-state index contributed by atoms with van der Waals surface area (Å²) in [6, 6.07) is 3.32. The monoisotopic (exact) mass is 391 g/mol. The van der Waals surface area contributed by atoms with E-state index >= 15 is 0 Å². The molecule has 7 heteroatoms. The summed E-state index contributed by atoms with van der Waals surface area (Å²) in [5.41, 5.74) is 0. The highest BCUT2D eigenvalue weighted by Crippen LogP contribution is 2.21. The lowest BCUT2D eigenvalue weighted by Gasteiger charge is -2.22. The number of anilines is 1. The molecule has 1 aliphatic heterocycles. The van der Waals surface area contributed by atoms with E-state index in [1.807, 2.05) is 4.90 Å². The van der Waals surface area contributed by atoms with Crippen LogP contribution < -0.4 is 15.5 Å². The van der Waals surface area contributed by atoms with Crippen molar-refractivity contribution in [1.82, 2.24) is 15.6 Å². The van der Waals surface area contributed by atoms with E-state index in [1.54, 1.807) is 12.3 Å². The summed E-state index contributed by atoms with van der Waals surface area (Å²) in [6.07, 6.45) is 10.4. The van der Waals surface area contributed by atoms with Crippen LogP contribution in [0.2, 0.25) is 0 Å². The second-order valence-electron chi connectivity index (χ2n) is 7.63. The lowest BCUT2D eigenvalue weighted by Crippen LogP contribution is -2.44. The van der Waals surface area contributed by atoms with Crippen molar-refractivity contribution in [3.05, 3.63) is 24.1 Å². The molecular weight excluding hydrogens is 357 g/mol. The number of nitrogens with zero attached hydrogens (tertiary/aromatic N) is 3. The molecule has 0 amide bonds. The summed E-state index contributed by atoms with van der Waals surface area (Å²) in [7, 11) is 0. The van der Waals surface area contributed by atoms with Gasteiger partial charge in [0.05, 0.1) is 6.10 Å². The summed E-state index contributed by atoms with van der Waals surface area (Å²) in [4.78, 5) is 10.9. The van der Waals surface area contributed by atoms with Gasteiger partial charge >= 0.3 is 0 Å². The minimum Gasteiger partial charge on any atom is -0.378 e. The van der Waals surface area contributed by atoms with Gasteiger partial charge in [-0.3, -0.25) is 4.99 Å². The molecule has 28 heavy (non-hydrogen) atoms. The standard InChI is InChI=1S/C21H34FN5O/c1-2-23-21(25-13-7-15-28-18-8-4-3-5-9-18)26-17-11-14-27(16-17)20-19(22)10-6-12-24-20/h6,10,12,17-18H,2-5,7-9,11,13-16H2,1H3,(H2,23,25,26). The largest absolute Gasteiger partial charge is 0.378 e. The first-order chi connectivity index (χ1) is 13.8. The van der Waals surface area contributed by atoms with Gasteiger partial charge in [-0.15, -0.1) is 0 Å². The average molecular weight is 392 g/mol. The Bertz CT molecular complexity index is 621. The molecule has 2 aliphatic rings. The molecule has 6 nitrogen and oxygen atoms in total. The summed E-state index contributed by atoms with van der Waals surface area (Å²) < 4.78 is 19.9. The smallest absolute Gasteiger partial charge is 0.191 e. The van der Waals surface area contributed by atoms with Crippen molar-refractivity contribution in [3.63, 3.8) is 0 Å². The number of rotatable bonds is 8. The minimum absolute atomic E-state index is 0.234. The number of guanidine groups is 1. The van der Waals surface area contributed by atoms with E-state index in [0.717, 1.165) is 51.6 Å². The molecular formula is C21H34FN5O. The number of halogens is 1. The van der Waals surface area contributed by atoms with Crippen LogP contribution in [-0.2, 0) is 4.74 Å². The maximum atomic E-state index is 14.0. The van der Waals surface area contributed by atoms with Gasteiger partial charge < -0.3 is 20.3 Å². The van der Waals surface area contributed by atoms with Gasteiger partial charge in [-0.1, -0.05) is 19.3 Å². The quantitative estimate of drug-likeness (QED) is 0.405. The van der Waals surface area contributed by atoms with Gasteiger partial charge in [0.2, 0.25) is 0 Å². The fraction of sp³-hybridized carbons (Fsp3) is 0.714. The number of pyridine rings is 1. The van der Waals surface area contributed by atoms with Crippen LogP contribution in [0, 0.1) is 5.82 Å². The molecule has 1 unspecified atom stereocenters. The Kier molecular flexibility index (Phi) is 8.33. The maximum Gasteiger partial charge on any atom is 0.191 e. The highest BCUT2D eigenvalue weighted by atomic mass is 19.1. The molecule has 1 aromatic rings. The normalized spacial score (nSPS) is 21.1. The predicted molar refractivity (Wildman–Crippen MR) is 111 cm³/mol. The third kappa shape index (κ3) is 6.33. The number of aliphatic imine (C=N–C) groups is 1. The zero-order valence-corrected chi connectivity index (χ0v) is 17.0. The van der Waals surface area contributed by atoms with Crippen molar-refractivity contribution in [3.8, 4) is 0 Å². The van der Waals surface area contributed by atoms with Gasteiger partial charge in [0, 0.05) is 45.0 Å². The molecule has 1 aromatic heterocycles. The van der Waals surface area contributed by atoms with E-state index in [9.17, 15) is 4.39 Å². The zero-order chi connectivity index (χ0) is 19.6. The predicted octanol–water partition coefficient (Wildman–Crippen LogP) is 3.09. The van der Waals surface area contributed by atoms with Gasteiger partial charge in [-0.25, -0.2) is 9.37 Å². The molecule has 0 spiro atoms. The second-order valence-corrected chi connectivity index (χ2v) is 7.63. The molecule has 1 saturated carbocycles. The Balaban J connectivity index is 1.41. The number of ether oxygens (including phenoxy) is 1. The Labute approximate surface area is 168 Å². The molecule has 3 rings (SSSR count). The third-order valence-electron chi connectivity index (χ3n) is 5.39. The molecule has 1 aliphatic carbocycles. The van der Waals surface area contributed by atoms with E-state index in [2.05, 4.69) is 27.5 Å². The molecule has 1 atom stereocenters. The van der Waals surface area contributed by atoms with Crippen LogP contribution in [0.1, 0.15) is 51.9 Å². The van der Waals surface area contributed by atoms with Crippen molar-refractivity contribution in [2.45, 2.75) is 64.0 Å². The van der Waals surface area contributed by atoms with Crippen LogP contribution in [-0.4, -0.2) is 55.9 Å². The van der Waals surface area contributed by atoms with Crippen LogP contribution in [0.3, 0.4) is 0 Å². The number of hydrogen-bond acceptors (Lipinski definition) is 4. The van der Waals surface area contributed by atoms with Crippen LogP contribution in [0.15, 0.2) is 23.3 Å². The lowest BCUT2D eigenvalue weighted by atomic mass is 9.98. The van der Waals surface area contributed by atoms with Crippen molar-refractivity contribution in [1.29, 1.82) is 0 Å². The molecule has 2 N–H and O–H groups in total.